The van der Waals surface area contributed by atoms with E-state index in [2.05, 4.69) is 0 Å². The Morgan fingerprint density at radius 1 is 1.08 bits per heavy atom. The van der Waals surface area contributed by atoms with Crippen LogP contribution >= 0.6 is 0 Å². The van der Waals surface area contributed by atoms with Gasteiger partial charge in [0.05, 0.1) is 4.90 Å². The summed E-state index contributed by atoms with van der Waals surface area (Å²) in [5.41, 5.74) is 0.264. The summed E-state index contributed by atoms with van der Waals surface area (Å²) in [5, 5.41) is 9.01. The first-order chi connectivity index (χ1) is 11.7. The van der Waals surface area contributed by atoms with Crippen molar-refractivity contribution in [1.82, 2.24) is 9.21 Å². The fraction of sp³-hybridized carbons (Fsp3) is 0.529. The maximum absolute atomic E-state index is 12.6. The molecule has 0 aromatic heterocycles. The lowest BCUT2D eigenvalue weighted by Gasteiger charge is -2.27. The van der Waals surface area contributed by atoms with Crippen molar-refractivity contribution in [1.29, 1.82) is 0 Å². The summed E-state index contributed by atoms with van der Waals surface area (Å²) in [5.74, 6) is -1.52. The normalized spacial score (nSPS) is 12.8. The lowest BCUT2D eigenvalue weighted by atomic mass is 10.1. The highest BCUT2D eigenvalue weighted by atomic mass is 32.2. The van der Waals surface area contributed by atoms with Crippen molar-refractivity contribution in [3.63, 3.8) is 0 Å². The number of amides is 1. The quantitative estimate of drug-likeness (QED) is 0.718. The lowest BCUT2D eigenvalue weighted by molar-refractivity contribution is -0.138. The molecule has 0 saturated carbocycles. The number of carbonyl (C=O) groups is 2. The molecule has 0 fully saturated rings. The van der Waals surface area contributed by atoms with Crippen LogP contribution in [0.2, 0.25) is 0 Å². The Hall–Kier alpha value is -1.93. The number of rotatable bonds is 9. The molecule has 1 aromatic carbocycles. The van der Waals surface area contributed by atoms with Gasteiger partial charge in [0.1, 0.15) is 6.54 Å². The SMILES string of the molecule is CCC(C)N(CC(=O)O)C(=O)c1ccc(S(=O)(=O)N(CC)CC)cc1. The third-order valence-electron chi connectivity index (χ3n) is 4.13. The average molecular weight is 370 g/mol. The first kappa shape index (κ1) is 21.1. The van der Waals surface area contributed by atoms with Crippen LogP contribution in [0.25, 0.3) is 0 Å². The maximum Gasteiger partial charge on any atom is 0.323 e. The molecule has 1 unspecified atom stereocenters. The Balaban J connectivity index is 3.12. The van der Waals surface area contributed by atoms with Crippen molar-refractivity contribution in [2.75, 3.05) is 19.6 Å². The fourth-order valence-corrected chi connectivity index (χ4v) is 3.90. The molecule has 1 N–H and O–H groups in total. The first-order valence-corrected chi connectivity index (χ1v) is 9.75. The number of hydrogen-bond acceptors (Lipinski definition) is 4. The Labute approximate surface area is 149 Å². The van der Waals surface area contributed by atoms with Crippen molar-refractivity contribution in [2.45, 2.75) is 45.1 Å². The number of carboxylic acids is 1. The third kappa shape index (κ3) is 5.02. The molecule has 1 rings (SSSR count). The molecule has 0 saturated heterocycles. The molecule has 0 aliphatic rings. The van der Waals surface area contributed by atoms with Gasteiger partial charge in [-0.3, -0.25) is 9.59 Å². The van der Waals surface area contributed by atoms with Gasteiger partial charge in [-0.05, 0) is 37.6 Å². The Morgan fingerprint density at radius 3 is 2.00 bits per heavy atom. The minimum Gasteiger partial charge on any atom is -0.480 e. The molecule has 0 bridgehead atoms. The average Bonchev–Trinajstić information content (AvgIpc) is 2.59. The molecule has 140 valence electrons. The Morgan fingerprint density at radius 2 is 1.60 bits per heavy atom. The molecular formula is C17H26N2O5S. The number of nitrogens with zero attached hydrogens (tertiary/aromatic N) is 2. The largest absolute Gasteiger partial charge is 0.480 e. The van der Waals surface area contributed by atoms with Crippen molar-refractivity contribution in [3.8, 4) is 0 Å². The van der Waals surface area contributed by atoms with Crippen LogP contribution < -0.4 is 0 Å². The predicted octanol–water partition coefficient (Wildman–Crippen LogP) is 2.04. The van der Waals surface area contributed by atoms with Gasteiger partial charge in [-0.25, -0.2) is 8.42 Å². The minimum absolute atomic E-state index is 0.112. The number of carboxylic acid groups (broad SMARTS) is 1. The second-order valence-electron chi connectivity index (χ2n) is 5.70. The Bertz CT molecular complexity index is 696. The summed E-state index contributed by atoms with van der Waals surface area (Å²) in [6, 6.07) is 5.39. The highest BCUT2D eigenvalue weighted by molar-refractivity contribution is 7.89. The summed E-state index contributed by atoms with van der Waals surface area (Å²) in [4.78, 5) is 25.0. The van der Waals surface area contributed by atoms with E-state index < -0.39 is 28.4 Å². The summed E-state index contributed by atoms with van der Waals surface area (Å²) in [6.45, 7) is 7.49. The van der Waals surface area contributed by atoms with E-state index in [1.165, 1.54) is 33.5 Å². The smallest absolute Gasteiger partial charge is 0.323 e. The zero-order valence-electron chi connectivity index (χ0n) is 15.1. The highest BCUT2D eigenvalue weighted by Gasteiger charge is 2.25. The molecular weight excluding hydrogens is 344 g/mol. The van der Waals surface area contributed by atoms with Crippen LogP contribution in [0.3, 0.4) is 0 Å². The van der Waals surface area contributed by atoms with Gasteiger partial charge in [-0.15, -0.1) is 0 Å². The van der Waals surface area contributed by atoms with Crippen molar-refractivity contribution < 1.29 is 23.1 Å². The molecule has 0 heterocycles. The number of benzene rings is 1. The molecule has 0 spiro atoms. The molecule has 0 radical (unpaired) electrons. The van der Waals surface area contributed by atoms with Crippen molar-refractivity contribution in [3.05, 3.63) is 29.8 Å². The van der Waals surface area contributed by atoms with Crippen LogP contribution in [0.5, 0.6) is 0 Å². The van der Waals surface area contributed by atoms with Gasteiger partial charge in [0, 0.05) is 24.7 Å². The molecule has 8 heteroatoms. The summed E-state index contributed by atoms with van der Waals surface area (Å²) >= 11 is 0. The van der Waals surface area contributed by atoms with Crippen LogP contribution in [0.15, 0.2) is 29.2 Å². The monoisotopic (exact) mass is 370 g/mol. The van der Waals surface area contributed by atoms with Crippen molar-refractivity contribution >= 4 is 21.9 Å². The van der Waals surface area contributed by atoms with Gasteiger partial charge in [-0.2, -0.15) is 4.31 Å². The van der Waals surface area contributed by atoms with E-state index in [9.17, 15) is 18.0 Å². The highest BCUT2D eigenvalue weighted by Crippen LogP contribution is 2.18. The third-order valence-corrected chi connectivity index (χ3v) is 6.20. The second-order valence-corrected chi connectivity index (χ2v) is 7.64. The van der Waals surface area contributed by atoms with E-state index in [0.717, 1.165) is 0 Å². The zero-order valence-corrected chi connectivity index (χ0v) is 15.9. The van der Waals surface area contributed by atoms with Gasteiger partial charge >= 0.3 is 5.97 Å². The van der Waals surface area contributed by atoms with E-state index in [1.54, 1.807) is 20.8 Å². The van der Waals surface area contributed by atoms with E-state index in [4.69, 9.17) is 5.11 Å². The van der Waals surface area contributed by atoms with E-state index in [-0.39, 0.29) is 16.5 Å². The Kier molecular flexibility index (Phi) is 7.57. The molecule has 1 amide bonds. The standard InChI is InChI=1S/C17H26N2O5S/c1-5-13(4)19(12-16(20)21)17(22)14-8-10-15(11-9-14)25(23,24)18(6-2)7-3/h8-11,13H,5-7,12H2,1-4H3,(H,20,21). The number of carbonyl (C=O) groups excluding carboxylic acids is 1. The van der Waals surface area contributed by atoms with Crippen LogP contribution in [0, 0.1) is 0 Å². The number of aliphatic carboxylic acids is 1. The van der Waals surface area contributed by atoms with Crippen LogP contribution in [0.1, 0.15) is 44.5 Å². The summed E-state index contributed by atoms with van der Waals surface area (Å²) in [6.07, 6.45) is 0.618. The fourth-order valence-electron chi connectivity index (χ4n) is 2.44. The van der Waals surface area contributed by atoms with Gasteiger partial charge in [0.25, 0.3) is 5.91 Å². The van der Waals surface area contributed by atoms with E-state index in [1.807, 2.05) is 6.92 Å². The molecule has 7 nitrogen and oxygen atoms in total. The van der Waals surface area contributed by atoms with Crippen LogP contribution in [0.4, 0.5) is 0 Å². The summed E-state index contributed by atoms with van der Waals surface area (Å²) in [7, 11) is -3.59. The summed E-state index contributed by atoms with van der Waals surface area (Å²) < 4.78 is 26.3. The first-order valence-electron chi connectivity index (χ1n) is 8.31. The number of hydrogen-bond donors (Lipinski definition) is 1. The molecule has 0 aliphatic carbocycles. The van der Waals surface area contributed by atoms with Gasteiger partial charge in [0.15, 0.2) is 0 Å². The van der Waals surface area contributed by atoms with Gasteiger partial charge in [0.2, 0.25) is 10.0 Å². The van der Waals surface area contributed by atoms with E-state index in [0.29, 0.717) is 19.5 Å². The minimum atomic E-state index is -3.59. The molecule has 1 aromatic rings. The topological polar surface area (TPSA) is 95.0 Å². The molecule has 1 atom stereocenters. The van der Waals surface area contributed by atoms with Gasteiger partial charge in [-0.1, -0.05) is 20.8 Å². The zero-order chi connectivity index (χ0) is 19.2. The van der Waals surface area contributed by atoms with Crippen LogP contribution in [-0.4, -0.2) is 60.3 Å². The maximum atomic E-state index is 12.6. The second kappa shape index (κ2) is 8.96. The lowest BCUT2D eigenvalue weighted by Crippen LogP contribution is -2.41. The molecule has 25 heavy (non-hydrogen) atoms. The van der Waals surface area contributed by atoms with Crippen molar-refractivity contribution in [2.24, 2.45) is 0 Å². The number of sulfonamides is 1. The van der Waals surface area contributed by atoms with Crippen LogP contribution in [-0.2, 0) is 14.8 Å². The predicted molar refractivity (Wildman–Crippen MR) is 95.0 cm³/mol. The van der Waals surface area contributed by atoms with E-state index >= 15 is 0 Å². The molecule has 0 aliphatic heterocycles. The van der Waals surface area contributed by atoms with Gasteiger partial charge < -0.3 is 10.0 Å².